The Kier molecular flexibility index (Phi) is 16.1. The third-order valence-electron chi connectivity index (χ3n) is 22.1. The highest BCUT2D eigenvalue weighted by Gasteiger charge is 2.21. The van der Waals surface area contributed by atoms with Crippen LogP contribution in [0.5, 0.6) is 0 Å². The number of rotatable bonds is 12. The van der Waals surface area contributed by atoms with Crippen molar-refractivity contribution < 1.29 is 0 Å². The summed E-state index contributed by atoms with van der Waals surface area (Å²) in [4.78, 5) is 19.8. The summed E-state index contributed by atoms with van der Waals surface area (Å²) in [5, 5.41) is 9.66. The van der Waals surface area contributed by atoms with Crippen LogP contribution in [0.2, 0.25) is 0 Å². The molecule has 0 aliphatic heterocycles. The Morgan fingerprint density at radius 3 is 0.741 bits per heavy atom. The van der Waals surface area contributed by atoms with Crippen LogP contribution in [0.15, 0.2) is 413 Å². The molecule has 0 bridgehead atoms. The van der Waals surface area contributed by atoms with Gasteiger partial charge in [0.1, 0.15) is 0 Å². The van der Waals surface area contributed by atoms with Gasteiger partial charge in [0.05, 0.1) is 44.1 Å². The lowest BCUT2D eigenvalue weighted by atomic mass is 9.94. The van der Waals surface area contributed by atoms with Crippen LogP contribution in [-0.2, 0) is 0 Å². The minimum absolute atomic E-state index is 0.649. The van der Waals surface area contributed by atoms with Gasteiger partial charge < -0.3 is 9.13 Å². The molecule has 8 heteroatoms. The number of fused-ring (bicyclic) bond motifs is 12. The molecule has 0 aliphatic carbocycles. The molecular weight excluding hydrogens is 1360 g/mol. The standard InChI is InChI=1S/2C52H34N4/c1-3-12-35(13-4-1)38-14-11-15-39(30-38)36-22-24-37(25-23-36)42-33-53-52(54-34-42)56-49-21-10-8-19-45(49)47-32-41(27-29-51(47)56)40-26-28-50-46(31-40)44-18-7-9-20-48(44)55(50)43-16-5-2-6-17-43;1-3-13-36(14-4-1)42-17-7-8-18-43(42)37-25-23-35(24-26-37)40-33-53-52(54-34-40)56-49-22-12-10-20-45(49)47-32-39(28-30-51(47)56)38-27-29-50-46(31-38)44-19-9-11-21-48(44)55(50)41-15-5-2-6-16-41/h2*1-34H. The monoisotopic (exact) mass is 1430 g/mol. The van der Waals surface area contributed by atoms with E-state index in [1.807, 2.05) is 24.8 Å². The Bertz CT molecular complexity index is 7310. The molecule has 0 saturated heterocycles. The summed E-state index contributed by atoms with van der Waals surface area (Å²) in [5.41, 5.74) is 29.9. The molecule has 8 nitrogen and oxygen atoms in total. The molecule has 0 amide bonds. The molecule has 0 atom stereocenters. The zero-order valence-corrected chi connectivity index (χ0v) is 60.8. The molecule has 6 aromatic heterocycles. The van der Waals surface area contributed by atoms with Gasteiger partial charge in [0, 0.05) is 90.4 Å². The topological polar surface area (TPSA) is 71.3 Å². The van der Waals surface area contributed by atoms with Crippen LogP contribution >= 0.6 is 0 Å². The maximum absolute atomic E-state index is 4.95. The molecule has 524 valence electrons. The third kappa shape index (κ3) is 11.5. The highest BCUT2D eigenvalue weighted by Crippen LogP contribution is 2.42. The largest absolute Gasteiger partial charge is 0.309 e. The van der Waals surface area contributed by atoms with E-state index < -0.39 is 0 Å². The second kappa shape index (κ2) is 27.6. The Labute approximate surface area is 646 Å². The van der Waals surface area contributed by atoms with E-state index in [2.05, 4.69) is 407 Å². The van der Waals surface area contributed by atoms with Crippen molar-refractivity contribution in [2.45, 2.75) is 0 Å². The van der Waals surface area contributed by atoms with Crippen molar-refractivity contribution in [1.29, 1.82) is 0 Å². The highest BCUT2D eigenvalue weighted by molar-refractivity contribution is 6.15. The number of nitrogens with zero attached hydrogens (tertiary/aromatic N) is 8. The van der Waals surface area contributed by atoms with Gasteiger partial charge in [-0.3, -0.25) is 9.13 Å². The van der Waals surface area contributed by atoms with E-state index in [9.17, 15) is 0 Å². The summed E-state index contributed by atoms with van der Waals surface area (Å²) < 4.78 is 9.08. The summed E-state index contributed by atoms with van der Waals surface area (Å²) in [6.45, 7) is 0. The van der Waals surface area contributed by atoms with E-state index in [1.54, 1.807) is 0 Å². The minimum atomic E-state index is 0.649. The molecule has 0 N–H and O–H groups in total. The van der Waals surface area contributed by atoms with Crippen LogP contribution in [0.3, 0.4) is 0 Å². The molecule has 112 heavy (non-hydrogen) atoms. The van der Waals surface area contributed by atoms with E-state index in [4.69, 9.17) is 19.9 Å². The lowest BCUT2D eigenvalue weighted by Crippen LogP contribution is -2.00. The summed E-state index contributed by atoms with van der Waals surface area (Å²) in [7, 11) is 0. The van der Waals surface area contributed by atoms with Gasteiger partial charge in [-0.05, 0) is 181 Å². The summed E-state index contributed by atoms with van der Waals surface area (Å²) >= 11 is 0. The molecule has 0 spiro atoms. The number of hydrogen-bond donors (Lipinski definition) is 0. The lowest BCUT2D eigenvalue weighted by Gasteiger charge is -2.11. The van der Waals surface area contributed by atoms with E-state index in [0.717, 1.165) is 55.7 Å². The first kappa shape index (κ1) is 65.2. The Morgan fingerprint density at radius 2 is 0.375 bits per heavy atom. The second-order valence-corrected chi connectivity index (χ2v) is 28.6. The summed E-state index contributed by atoms with van der Waals surface area (Å²) in [5.74, 6) is 1.30. The molecule has 6 heterocycles. The fraction of sp³-hybridized carbons (Fsp3) is 0. The highest BCUT2D eigenvalue weighted by atomic mass is 15.2. The molecule has 22 aromatic rings. The van der Waals surface area contributed by atoms with Crippen LogP contribution in [-0.4, -0.2) is 38.2 Å². The fourth-order valence-electron chi connectivity index (χ4n) is 16.7. The molecule has 0 aliphatic rings. The van der Waals surface area contributed by atoms with E-state index in [1.165, 1.54) is 132 Å². The zero-order valence-electron chi connectivity index (χ0n) is 60.8. The first-order chi connectivity index (χ1) is 55.5. The lowest BCUT2D eigenvalue weighted by molar-refractivity contribution is 0.990. The van der Waals surface area contributed by atoms with Crippen LogP contribution < -0.4 is 0 Å². The molecule has 16 aromatic carbocycles. The summed E-state index contributed by atoms with van der Waals surface area (Å²) in [6.07, 6.45) is 7.74. The minimum Gasteiger partial charge on any atom is -0.309 e. The smallest absolute Gasteiger partial charge is 0.234 e. The van der Waals surface area contributed by atoms with Crippen molar-refractivity contribution in [2.75, 3.05) is 0 Å². The predicted molar refractivity (Wildman–Crippen MR) is 465 cm³/mol. The van der Waals surface area contributed by atoms with Crippen LogP contribution in [0.1, 0.15) is 0 Å². The number of aromatic nitrogens is 8. The third-order valence-corrected chi connectivity index (χ3v) is 22.1. The van der Waals surface area contributed by atoms with Gasteiger partial charge in [0.15, 0.2) is 0 Å². The quantitative estimate of drug-likeness (QED) is 0.122. The SMILES string of the molecule is c1ccc(-c2cccc(-c3ccc(-c4cnc(-n5c6ccccc6c6cc(-c7ccc8c(c7)c7ccccc7n8-c7ccccc7)ccc65)nc4)cc3)c2)cc1.c1ccc(-c2ccccc2-c2ccc(-c3cnc(-n4c5ccccc5c5cc(-c6ccc7c(c6)c6ccccc6n7-c6ccccc6)ccc54)nc3)cc2)cc1. The van der Waals surface area contributed by atoms with E-state index in [0.29, 0.717) is 11.9 Å². The second-order valence-electron chi connectivity index (χ2n) is 28.6. The van der Waals surface area contributed by atoms with Crippen LogP contribution in [0, 0.1) is 0 Å². The molecule has 0 radical (unpaired) electrons. The van der Waals surface area contributed by atoms with Crippen molar-refractivity contribution in [1.82, 2.24) is 38.2 Å². The van der Waals surface area contributed by atoms with Crippen molar-refractivity contribution in [3.8, 4) is 112 Å². The summed E-state index contributed by atoms with van der Waals surface area (Å²) in [6, 6.07) is 139. The van der Waals surface area contributed by atoms with Crippen molar-refractivity contribution in [3.63, 3.8) is 0 Å². The van der Waals surface area contributed by atoms with E-state index >= 15 is 0 Å². The average Bonchev–Trinajstić information content (AvgIpc) is 1.59. The Balaban J connectivity index is 0.000000141. The fourth-order valence-corrected chi connectivity index (χ4v) is 16.7. The first-order valence-corrected chi connectivity index (χ1v) is 38.0. The molecule has 0 saturated carbocycles. The maximum Gasteiger partial charge on any atom is 0.234 e. The zero-order chi connectivity index (χ0) is 74.0. The number of para-hydroxylation sites is 6. The van der Waals surface area contributed by atoms with Crippen molar-refractivity contribution in [2.24, 2.45) is 0 Å². The number of benzene rings is 16. The van der Waals surface area contributed by atoms with Crippen molar-refractivity contribution in [3.05, 3.63) is 413 Å². The van der Waals surface area contributed by atoms with Crippen LogP contribution in [0.4, 0.5) is 0 Å². The Hall–Kier alpha value is -15.1. The van der Waals surface area contributed by atoms with Gasteiger partial charge in [0.25, 0.3) is 0 Å². The van der Waals surface area contributed by atoms with Gasteiger partial charge >= 0.3 is 0 Å². The first-order valence-electron chi connectivity index (χ1n) is 38.0. The molecular formula is C104H68N8. The van der Waals surface area contributed by atoms with Crippen LogP contribution in [0.25, 0.3) is 200 Å². The predicted octanol–water partition coefficient (Wildman–Crippen LogP) is 26.7. The average molecular weight is 1430 g/mol. The van der Waals surface area contributed by atoms with Gasteiger partial charge in [-0.2, -0.15) is 0 Å². The molecule has 0 unspecified atom stereocenters. The van der Waals surface area contributed by atoms with E-state index in [-0.39, 0.29) is 0 Å². The van der Waals surface area contributed by atoms with Gasteiger partial charge in [-0.1, -0.05) is 285 Å². The van der Waals surface area contributed by atoms with Gasteiger partial charge in [0.2, 0.25) is 11.9 Å². The molecule has 0 fully saturated rings. The number of hydrogen-bond acceptors (Lipinski definition) is 4. The molecule has 22 rings (SSSR count). The van der Waals surface area contributed by atoms with Crippen molar-refractivity contribution >= 4 is 87.2 Å². The Morgan fingerprint density at radius 1 is 0.143 bits per heavy atom. The van der Waals surface area contributed by atoms with Gasteiger partial charge in [-0.25, -0.2) is 19.9 Å². The van der Waals surface area contributed by atoms with Gasteiger partial charge in [-0.15, -0.1) is 0 Å². The maximum atomic E-state index is 4.95. The normalized spacial score (nSPS) is 11.6.